The maximum absolute atomic E-state index is 9.74. The summed E-state index contributed by atoms with van der Waals surface area (Å²) in [5, 5.41) is -3.45. The summed E-state index contributed by atoms with van der Waals surface area (Å²) in [6.45, 7) is 0. The third-order valence-corrected chi connectivity index (χ3v) is 22.9. The predicted molar refractivity (Wildman–Crippen MR) is 557 cm³/mol. The smallest absolute Gasteiger partial charge is 0.136 e. The van der Waals surface area contributed by atoms with Gasteiger partial charge in [-0.15, -0.1) is 0 Å². The Kier molecular flexibility index (Phi) is 8.79. The van der Waals surface area contributed by atoms with Crippen molar-refractivity contribution in [3.8, 4) is 89.0 Å². The molecule has 0 spiro atoms. The van der Waals surface area contributed by atoms with E-state index >= 15 is 0 Å². The number of fused-ring (bicyclic) bond motifs is 20. The van der Waals surface area contributed by atoms with E-state index < -0.39 is 501 Å². The van der Waals surface area contributed by atoms with Crippen LogP contribution in [0.25, 0.3) is 273 Å². The minimum Gasteiger partial charge on any atom is -0.456 e. The van der Waals surface area contributed by atoms with Gasteiger partial charge < -0.3 is 13.3 Å². The van der Waals surface area contributed by atoms with Gasteiger partial charge in [0.1, 0.15) is 33.5 Å². The van der Waals surface area contributed by atoms with Crippen LogP contribution in [0.5, 0.6) is 0 Å². The number of furan rings is 3. The van der Waals surface area contributed by atoms with Gasteiger partial charge >= 0.3 is 0 Å². The molecule has 0 saturated carbocycles. The Hall–Kier alpha value is -17.2. The lowest BCUT2D eigenvalue weighted by atomic mass is 9.84. The Bertz CT molecular complexity index is 13100. The summed E-state index contributed by atoms with van der Waals surface area (Å²) in [6.07, 6.45) is 0. The lowest BCUT2D eigenvalue weighted by Crippen LogP contribution is -1.92. The van der Waals surface area contributed by atoms with Gasteiger partial charge in [-0.05, 0) is 292 Å². The average Bonchev–Trinajstić information content (AvgIpc) is 1.35. The molecule has 0 radical (unpaired) electrons. The first-order chi connectivity index (χ1) is 89.1. The summed E-state index contributed by atoms with van der Waals surface area (Å²) in [6, 6.07) is -6.83. The fraction of sp³-hybridized carbons (Fsp3) is 0. The summed E-state index contributed by atoms with van der Waals surface area (Å²) in [5.74, 6) is 0. The van der Waals surface area contributed by atoms with Gasteiger partial charge in [-0.25, -0.2) is 0 Å². The molecule has 3 aromatic heterocycles. The summed E-state index contributed by atoms with van der Waals surface area (Å²) in [5.41, 5.74) is -4.30. The molecule has 3 nitrogen and oxygen atoms in total. The van der Waals surface area contributed by atoms with Gasteiger partial charge in [0.2, 0.25) is 0 Å². The van der Waals surface area contributed by atoms with E-state index in [4.69, 9.17) is 64.0 Å². The van der Waals surface area contributed by atoms with Crippen molar-refractivity contribution in [2.24, 2.45) is 0 Å². The van der Waals surface area contributed by atoms with E-state index in [2.05, 4.69) is 24.3 Å². The average molecular weight is 1720 g/mol. The second-order valence-electron chi connectivity index (χ2n) is 30.1. The zero-order chi connectivity index (χ0) is 137. The molecule has 28 aromatic rings. The maximum Gasteiger partial charge on any atom is 0.136 e. The fourth-order valence-electron chi connectivity index (χ4n) is 17.2. The van der Waals surface area contributed by atoms with E-state index in [9.17, 15) is 28.8 Å². The summed E-state index contributed by atoms with van der Waals surface area (Å²) in [7, 11) is 0. The standard InChI is InChI=1S/C46H28O.C42H26O.C40H24O/c1-2-13-32-28-44-42(26-31(32)12-1)41-27-33(23-24-43(41)47-44)30-15-9-16-34(25-30)45-37-18-5-7-20-39(37)46(40-21-8-6-19-38(40)45)36-22-10-14-29-11-3-4-17-35(29)36;1-2-10-28(11-3-1)41-33-14-6-8-16-35(33)42(36-17-9-7-15-34(36)41)29-20-18-27(19-21-29)32-22-23-39-37(25-32)38-24-30-12-4-5-13-31(30)26-40(38)43-39;1-2-10-26-21-29(18-17-25(26)9-1)39-31-13-5-7-15-33(31)40(34-16-8-6-14-32(34)39)30-19-20-37-35(23-30)36-22-27-11-3-4-12-28(27)24-38(36)41-37/h1-28H;1-26H;1-24H/i5D,6D,7D,8D,18D,19D,20D,21D;1D,2D,3D,4D,5D,6D,7D,8D,9D,10D,11D,12D,13D,14D,15D,16D,17D,18D,19D,20D,21D,22D,23D,24D,25D,26D;1D,2D,3D,4D,5D,6D,7D,8D,9D,10D,11D,12D,13D,14D,15D,16D,17D,18D,19D,20D,21D,22D,23D,24D. The Balaban J connectivity index is 0.000000135. The van der Waals surface area contributed by atoms with E-state index in [1.54, 1.807) is 0 Å². The molecule has 0 unspecified atom stereocenters. The largest absolute Gasteiger partial charge is 0.456 e. The van der Waals surface area contributed by atoms with E-state index in [0.29, 0.717) is 22.3 Å². The van der Waals surface area contributed by atoms with Crippen LogP contribution in [0, 0.1) is 0 Å². The first-order valence-electron chi connectivity index (χ1n) is 69.3. The highest BCUT2D eigenvalue weighted by Crippen LogP contribution is 2.51. The van der Waals surface area contributed by atoms with Gasteiger partial charge in [-0.3, -0.25) is 0 Å². The van der Waals surface area contributed by atoms with Gasteiger partial charge in [0.15, 0.2) is 0 Å². The molecule has 0 saturated heterocycles. The van der Waals surface area contributed by atoms with Gasteiger partial charge in [-0.2, -0.15) is 0 Å². The Morgan fingerprint density at radius 1 is 0.137 bits per heavy atom. The second-order valence-corrected chi connectivity index (χ2v) is 30.1. The monoisotopic (exact) mass is 1720 g/mol. The maximum atomic E-state index is 9.74. The van der Waals surface area contributed by atoms with Crippen LogP contribution in [0.3, 0.4) is 0 Å². The third kappa shape index (κ3) is 12.7. The number of hydrogen-bond acceptors (Lipinski definition) is 3. The van der Waals surface area contributed by atoms with Crippen LogP contribution in [0.2, 0.25) is 0 Å². The van der Waals surface area contributed by atoms with Crippen molar-refractivity contribution >= 4 is 184 Å². The molecule has 0 N–H and O–H groups in total. The Morgan fingerprint density at radius 3 is 1.03 bits per heavy atom. The number of benzene rings is 25. The van der Waals surface area contributed by atoms with Crippen molar-refractivity contribution in [2.75, 3.05) is 0 Å². The molecule has 131 heavy (non-hydrogen) atoms. The van der Waals surface area contributed by atoms with Crippen molar-refractivity contribution < 1.29 is 92.8 Å². The van der Waals surface area contributed by atoms with Crippen LogP contribution in [-0.2, 0) is 0 Å². The van der Waals surface area contributed by atoms with Crippen LogP contribution in [-0.4, -0.2) is 0 Å². The molecule has 3 heterocycles. The highest BCUT2D eigenvalue weighted by Gasteiger charge is 2.24. The summed E-state index contributed by atoms with van der Waals surface area (Å²) in [4.78, 5) is 0. The van der Waals surface area contributed by atoms with Crippen molar-refractivity contribution in [1.82, 2.24) is 0 Å². The highest BCUT2D eigenvalue weighted by atomic mass is 16.3. The minimum atomic E-state index is -1.07. The highest BCUT2D eigenvalue weighted by molar-refractivity contribution is 6.27. The lowest BCUT2D eigenvalue weighted by molar-refractivity contribution is 0.669. The molecule has 608 valence electrons. The minimum absolute atomic E-state index is 0.187. The molecular weight excluding hydrogens is 1590 g/mol. The van der Waals surface area contributed by atoms with E-state index in [0.717, 1.165) is 54.6 Å². The van der Waals surface area contributed by atoms with Gasteiger partial charge in [0.25, 0.3) is 0 Å². The van der Waals surface area contributed by atoms with Crippen molar-refractivity contribution in [2.45, 2.75) is 0 Å². The number of hydrogen-bond donors (Lipinski definition) is 0. The topological polar surface area (TPSA) is 39.4 Å². The zero-order valence-electron chi connectivity index (χ0n) is 125. The third-order valence-electron chi connectivity index (χ3n) is 22.9. The molecule has 0 fully saturated rings. The Labute approximate surface area is 835 Å². The molecule has 3 heteroatoms. The summed E-state index contributed by atoms with van der Waals surface area (Å²) < 4.78 is 535. The molecule has 0 atom stereocenters. The molecule has 0 aliphatic heterocycles. The van der Waals surface area contributed by atoms with Gasteiger partial charge in [0.05, 0.1) is 79.5 Å². The van der Waals surface area contributed by atoms with Crippen molar-refractivity contribution in [3.05, 3.63) is 472 Å². The van der Waals surface area contributed by atoms with Crippen LogP contribution in [0.15, 0.2) is 485 Å². The lowest BCUT2D eigenvalue weighted by Gasteiger charge is -2.19. The molecular formula is C128H78O3. The van der Waals surface area contributed by atoms with Crippen LogP contribution in [0.4, 0.5) is 0 Å². The van der Waals surface area contributed by atoms with E-state index in [-0.39, 0.29) is 45.7 Å². The first-order valence-corrected chi connectivity index (χ1v) is 40.3. The van der Waals surface area contributed by atoms with Gasteiger partial charge in [0, 0.05) is 32.3 Å². The van der Waals surface area contributed by atoms with Crippen LogP contribution < -0.4 is 0 Å². The second kappa shape index (κ2) is 30.8. The number of rotatable bonds is 8. The SMILES string of the molecule is [2H]c1c(-c2c3c([2H])c([2H])c([2H])c([2H])c3c(-c3c([2H])c([2H])c4c([2H])c([2H])c([2H])c([2H])c4c3[2H])c3c([2H])c([2H])c([2H])c([2H])c23)c([2H])c2c(oc3c([2H])c4c([2H])c([2H])c([2H])c([2H])c4c([2H])c32)c1[2H].[2H]c1c([2H])c([2H])c(-c2c3c([2H])c([2H])c([2H])c([2H])c3c(-c3c([2H])c([2H])c(-c4c([2H])c([2H])c5oc6c([2H])c7c([2H])c([2H])c([2H])c([2H])c7c([2H])c6c5c4[2H])c([2H])c3[2H])c3c([2H])c([2H])c([2H])c([2H])c23)c([2H])c1[2H].[2H]c1c([2H])c([2H])c2c(-c3cccc4ccccc34)c3c([2H])c([2H])c([2H])c([2H])c3c(-c3cccc(-c4ccc5oc6cc7ccccc7cc6c5c4)c3)c2c1[2H]. The van der Waals surface area contributed by atoms with E-state index in [1.807, 2.05) is 97.1 Å². The molecule has 0 aliphatic rings. The first kappa shape index (κ1) is 37.4. The molecule has 0 aliphatic carbocycles. The quantitative estimate of drug-likeness (QED) is 0.142. The molecule has 0 bridgehead atoms. The summed E-state index contributed by atoms with van der Waals surface area (Å²) >= 11 is 0. The van der Waals surface area contributed by atoms with Crippen molar-refractivity contribution in [1.29, 1.82) is 0 Å². The molecule has 25 aromatic carbocycles. The van der Waals surface area contributed by atoms with E-state index in [1.165, 1.54) is 0 Å². The van der Waals surface area contributed by atoms with Gasteiger partial charge in [-0.1, -0.05) is 387 Å². The molecule has 28 rings (SSSR count). The normalized spacial score (nSPS) is 18.0. The van der Waals surface area contributed by atoms with Crippen LogP contribution in [0.1, 0.15) is 79.5 Å². The van der Waals surface area contributed by atoms with Crippen molar-refractivity contribution in [3.63, 3.8) is 0 Å². The molecule has 0 amide bonds. The fourth-order valence-corrected chi connectivity index (χ4v) is 17.2. The zero-order valence-corrected chi connectivity index (χ0v) is 66.8. The van der Waals surface area contributed by atoms with Crippen LogP contribution >= 0.6 is 0 Å². The Morgan fingerprint density at radius 2 is 0.489 bits per heavy atom. The predicted octanol–water partition coefficient (Wildman–Crippen LogP) is 36.8.